The van der Waals surface area contributed by atoms with Crippen LogP contribution in [0.5, 0.6) is 5.75 Å². The van der Waals surface area contributed by atoms with Gasteiger partial charge in [-0.3, -0.25) is 4.79 Å². The Labute approximate surface area is 117 Å². The first kappa shape index (κ1) is 12.4. The Morgan fingerprint density at radius 1 is 0.900 bits per heavy atom. The number of rotatable bonds is 3. The molecule has 3 aromatic carbocycles. The third-order valence-corrected chi connectivity index (χ3v) is 3.44. The molecule has 20 heavy (non-hydrogen) atoms. The van der Waals surface area contributed by atoms with Crippen molar-refractivity contribution < 1.29 is 9.53 Å². The highest BCUT2D eigenvalue weighted by atomic mass is 16.5. The third-order valence-electron chi connectivity index (χ3n) is 3.44. The van der Waals surface area contributed by atoms with Crippen molar-refractivity contribution in [1.29, 1.82) is 0 Å². The van der Waals surface area contributed by atoms with E-state index in [-0.39, 0.29) is 0 Å². The van der Waals surface area contributed by atoms with Gasteiger partial charge in [-0.1, -0.05) is 48.5 Å². The maximum absolute atomic E-state index is 10.9. The average molecular weight is 262 g/mol. The van der Waals surface area contributed by atoms with Crippen LogP contribution in [0.15, 0.2) is 60.7 Å². The molecule has 0 atom stereocenters. The summed E-state index contributed by atoms with van der Waals surface area (Å²) in [6.45, 7) is 0. The van der Waals surface area contributed by atoms with Gasteiger partial charge in [0.1, 0.15) is 12.0 Å². The Morgan fingerprint density at radius 3 is 2.45 bits per heavy atom. The van der Waals surface area contributed by atoms with Crippen LogP contribution in [0.1, 0.15) is 10.4 Å². The molecule has 0 radical (unpaired) electrons. The second kappa shape index (κ2) is 5.17. The number of methoxy groups -OCH3 is 1. The van der Waals surface area contributed by atoms with Crippen molar-refractivity contribution in [2.24, 2.45) is 0 Å². The van der Waals surface area contributed by atoms with Crippen molar-refractivity contribution in [3.8, 4) is 16.9 Å². The van der Waals surface area contributed by atoms with E-state index in [4.69, 9.17) is 4.74 Å². The van der Waals surface area contributed by atoms with Crippen molar-refractivity contribution >= 4 is 17.1 Å². The molecular formula is C18H14O2. The number of hydrogen-bond acceptors (Lipinski definition) is 2. The first-order chi connectivity index (χ1) is 9.83. The zero-order chi connectivity index (χ0) is 13.9. The highest BCUT2D eigenvalue weighted by Gasteiger charge is 2.08. The zero-order valence-corrected chi connectivity index (χ0v) is 11.2. The molecule has 0 unspecified atom stereocenters. The van der Waals surface area contributed by atoms with Crippen LogP contribution in [-0.4, -0.2) is 13.4 Å². The van der Waals surface area contributed by atoms with E-state index >= 15 is 0 Å². The number of benzene rings is 3. The molecule has 3 rings (SSSR count). The summed E-state index contributed by atoms with van der Waals surface area (Å²) in [4.78, 5) is 10.9. The van der Waals surface area contributed by atoms with Gasteiger partial charge in [-0.25, -0.2) is 0 Å². The molecule has 3 aromatic rings. The standard InChI is InChI=1S/C18H14O2/c1-20-18-10-9-15(16-7-2-3-8-17(16)18)14-6-4-5-13(11-14)12-19/h2-12H,1H3. The summed E-state index contributed by atoms with van der Waals surface area (Å²) in [5, 5.41) is 2.19. The van der Waals surface area contributed by atoms with E-state index < -0.39 is 0 Å². The Hall–Kier alpha value is -2.61. The Kier molecular flexibility index (Phi) is 3.21. The molecule has 0 aliphatic carbocycles. The van der Waals surface area contributed by atoms with Crippen LogP contribution in [0.3, 0.4) is 0 Å². The van der Waals surface area contributed by atoms with E-state index in [0.29, 0.717) is 5.56 Å². The summed E-state index contributed by atoms with van der Waals surface area (Å²) in [5.41, 5.74) is 2.82. The minimum atomic E-state index is 0.683. The maximum Gasteiger partial charge on any atom is 0.150 e. The van der Waals surface area contributed by atoms with E-state index in [1.165, 1.54) is 0 Å². The SMILES string of the molecule is COc1ccc(-c2cccc(C=O)c2)c2ccccc12. The van der Waals surface area contributed by atoms with Crippen LogP contribution in [0, 0.1) is 0 Å². The fraction of sp³-hybridized carbons (Fsp3) is 0.0556. The van der Waals surface area contributed by atoms with Gasteiger partial charge in [-0.15, -0.1) is 0 Å². The smallest absolute Gasteiger partial charge is 0.150 e. The molecule has 2 heteroatoms. The van der Waals surface area contributed by atoms with Gasteiger partial charge in [0.25, 0.3) is 0 Å². The average Bonchev–Trinajstić information content (AvgIpc) is 2.54. The van der Waals surface area contributed by atoms with Crippen LogP contribution in [0.25, 0.3) is 21.9 Å². The Balaban J connectivity index is 2.28. The lowest BCUT2D eigenvalue weighted by Gasteiger charge is -2.11. The van der Waals surface area contributed by atoms with Gasteiger partial charge in [0.2, 0.25) is 0 Å². The minimum Gasteiger partial charge on any atom is -0.496 e. The van der Waals surface area contributed by atoms with Gasteiger partial charge in [0.05, 0.1) is 7.11 Å². The van der Waals surface area contributed by atoms with Crippen LogP contribution < -0.4 is 4.74 Å². The molecule has 0 bridgehead atoms. The molecule has 0 aliphatic rings. The number of aldehydes is 1. The molecule has 98 valence electrons. The summed E-state index contributed by atoms with van der Waals surface area (Å²) in [7, 11) is 1.68. The molecule has 0 aromatic heterocycles. The summed E-state index contributed by atoms with van der Waals surface area (Å²) in [6.07, 6.45) is 0.870. The monoisotopic (exact) mass is 262 g/mol. The summed E-state index contributed by atoms with van der Waals surface area (Å²) in [5.74, 6) is 0.857. The van der Waals surface area contributed by atoms with E-state index in [9.17, 15) is 4.79 Å². The molecule has 0 saturated heterocycles. The number of carbonyl (C=O) groups is 1. The quantitative estimate of drug-likeness (QED) is 0.657. The van der Waals surface area contributed by atoms with Crippen LogP contribution in [0.4, 0.5) is 0 Å². The summed E-state index contributed by atoms with van der Waals surface area (Å²) < 4.78 is 5.41. The lowest BCUT2D eigenvalue weighted by atomic mass is 9.96. The number of fused-ring (bicyclic) bond motifs is 1. The summed E-state index contributed by atoms with van der Waals surface area (Å²) >= 11 is 0. The first-order valence-electron chi connectivity index (χ1n) is 6.45. The number of ether oxygens (including phenoxy) is 1. The van der Waals surface area contributed by atoms with Crippen molar-refractivity contribution in [2.75, 3.05) is 7.11 Å². The minimum absolute atomic E-state index is 0.683. The molecular weight excluding hydrogens is 248 g/mol. The fourth-order valence-corrected chi connectivity index (χ4v) is 2.48. The molecule has 0 N–H and O–H groups in total. The summed E-state index contributed by atoms with van der Waals surface area (Å²) in [6, 6.07) is 19.7. The van der Waals surface area contributed by atoms with E-state index in [1.807, 2.05) is 54.6 Å². The van der Waals surface area contributed by atoms with E-state index in [1.54, 1.807) is 7.11 Å². The largest absolute Gasteiger partial charge is 0.496 e. The van der Waals surface area contributed by atoms with E-state index in [2.05, 4.69) is 6.07 Å². The molecule has 0 saturated carbocycles. The lowest BCUT2D eigenvalue weighted by molar-refractivity contribution is 0.112. The highest BCUT2D eigenvalue weighted by Crippen LogP contribution is 2.34. The third kappa shape index (κ3) is 2.05. The predicted octanol–water partition coefficient (Wildman–Crippen LogP) is 4.33. The Bertz CT molecular complexity index is 775. The molecule has 0 fully saturated rings. The van der Waals surface area contributed by atoms with Gasteiger partial charge in [0, 0.05) is 10.9 Å². The number of hydrogen-bond donors (Lipinski definition) is 0. The van der Waals surface area contributed by atoms with Gasteiger partial charge < -0.3 is 4.74 Å². The van der Waals surface area contributed by atoms with Gasteiger partial charge in [0.15, 0.2) is 0 Å². The van der Waals surface area contributed by atoms with Gasteiger partial charge in [-0.05, 0) is 28.6 Å². The molecule has 0 amide bonds. The maximum atomic E-state index is 10.9. The first-order valence-corrected chi connectivity index (χ1v) is 6.45. The zero-order valence-electron chi connectivity index (χ0n) is 11.2. The predicted molar refractivity (Wildman–Crippen MR) is 81.3 cm³/mol. The van der Waals surface area contributed by atoms with Gasteiger partial charge >= 0.3 is 0 Å². The Morgan fingerprint density at radius 2 is 1.70 bits per heavy atom. The number of carbonyl (C=O) groups excluding carboxylic acids is 1. The lowest BCUT2D eigenvalue weighted by Crippen LogP contribution is -1.88. The normalized spacial score (nSPS) is 10.4. The second-order valence-corrected chi connectivity index (χ2v) is 4.60. The molecule has 0 aliphatic heterocycles. The highest BCUT2D eigenvalue weighted by molar-refractivity contribution is 6.00. The molecule has 2 nitrogen and oxygen atoms in total. The van der Waals surface area contributed by atoms with Crippen molar-refractivity contribution in [1.82, 2.24) is 0 Å². The topological polar surface area (TPSA) is 26.3 Å². The van der Waals surface area contributed by atoms with Crippen molar-refractivity contribution in [2.45, 2.75) is 0 Å². The second-order valence-electron chi connectivity index (χ2n) is 4.60. The molecule has 0 spiro atoms. The van der Waals surface area contributed by atoms with Crippen LogP contribution >= 0.6 is 0 Å². The van der Waals surface area contributed by atoms with Crippen LogP contribution in [0.2, 0.25) is 0 Å². The van der Waals surface area contributed by atoms with Crippen LogP contribution in [-0.2, 0) is 0 Å². The van der Waals surface area contributed by atoms with E-state index in [0.717, 1.165) is 33.9 Å². The fourth-order valence-electron chi connectivity index (χ4n) is 2.48. The van der Waals surface area contributed by atoms with Crippen molar-refractivity contribution in [3.05, 3.63) is 66.2 Å². The van der Waals surface area contributed by atoms with Crippen molar-refractivity contribution in [3.63, 3.8) is 0 Å². The molecule has 0 heterocycles. The van der Waals surface area contributed by atoms with Gasteiger partial charge in [-0.2, -0.15) is 0 Å².